The largest absolute Gasteiger partial charge is 0.506 e. The van der Waals surface area contributed by atoms with Gasteiger partial charge in [0.25, 0.3) is 5.91 Å². The summed E-state index contributed by atoms with van der Waals surface area (Å²) >= 11 is 6.17. The molecule has 4 aliphatic rings. The van der Waals surface area contributed by atoms with E-state index in [1.807, 2.05) is 34.1 Å². The first-order chi connectivity index (χ1) is 22.2. The van der Waals surface area contributed by atoms with E-state index in [4.69, 9.17) is 16.3 Å². The van der Waals surface area contributed by atoms with Crippen LogP contribution < -0.4 is 5.32 Å². The molecular weight excluding hydrogens is 608 g/mol. The number of fused-ring (bicyclic) bond motifs is 1. The number of hydrogen-bond donors (Lipinski definition) is 2. The normalized spacial score (nSPS) is 21.3. The Labute approximate surface area is 276 Å². The van der Waals surface area contributed by atoms with Crippen LogP contribution in [0.1, 0.15) is 36.8 Å². The maximum Gasteiger partial charge on any atom is 0.410 e. The maximum absolute atomic E-state index is 13.9. The van der Waals surface area contributed by atoms with Gasteiger partial charge in [-0.1, -0.05) is 35.9 Å². The number of piperidine rings is 2. The van der Waals surface area contributed by atoms with E-state index in [0.29, 0.717) is 57.2 Å². The summed E-state index contributed by atoms with van der Waals surface area (Å²) in [5.74, 6) is -0.253. The lowest BCUT2D eigenvalue weighted by Gasteiger charge is -2.42. The Balaban J connectivity index is 1.07. The molecule has 4 heterocycles. The molecule has 1 unspecified atom stereocenters. The third kappa shape index (κ3) is 7.53. The molecule has 2 aromatic rings. The van der Waals surface area contributed by atoms with Crippen molar-refractivity contribution in [3.8, 4) is 5.75 Å². The number of aromatic hydroxyl groups is 1. The van der Waals surface area contributed by atoms with E-state index in [0.717, 1.165) is 56.7 Å². The topological polar surface area (TPSA) is 109 Å². The number of anilines is 1. The van der Waals surface area contributed by atoms with Crippen molar-refractivity contribution in [3.05, 3.63) is 58.6 Å². The lowest BCUT2D eigenvalue weighted by atomic mass is 10.0. The highest BCUT2D eigenvalue weighted by atomic mass is 35.5. The number of para-hydroxylation sites is 1. The fourth-order valence-corrected chi connectivity index (χ4v) is 7.44. The number of urea groups is 1. The maximum atomic E-state index is 13.9. The molecule has 0 spiro atoms. The molecule has 0 aliphatic carbocycles. The van der Waals surface area contributed by atoms with Gasteiger partial charge in [-0.05, 0) is 81.6 Å². The van der Waals surface area contributed by atoms with Gasteiger partial charge in [-0.2, -0.15) is 0 Å². The molecule has 46 heavy (non-hydrogen) atoms. The number of halogens is 1. The van der Waals surface area contributed by atoms with E-state index in [1.165, 1.54) is 6.07 Å². The van der Waals surface area contributed by atoms with Crippen LogP contribution in [-0.2, 0) is 22.4 Å². The Hall–Kier alpha value is -3.54. The monoisotopic (exact) mass is 652 g/mol. The number of phenols is 1. The molecule has 2 N–H and O–H groups in total. The van der Waals surface area contributed by atoms with E-state index in [2.05, 4.69) is 22.2 Å². The summed E-state index contributed by atoms with van der Waals surface area (Å²) in [6.45, 7) is 6.44. The van der Waals surface area contributed by atoms with Crippen LogP contribution >= 0.6 is 11.6 Å². The molecule has 0 bridgehead atoms. The molecule has 248 valence electrons. The van der Waals surface area contributed by atoms with Gasteiger partial charge in [0.05, 0.1) is 5.02 Å². The number of rotatable bonds is 6. The number of carbonyl (C=O) groups excluding carboxylic acids is 3. The molecule has 3 fully saturated rings. The van der Waals surface area contributed by atoms with Crippen molar-refractivity contribution in [2.75, 3.05) is 71.3 Å². The third-order valence-electron chi connectivity index (χ3n) is 10.1. The average Bonchev–Trinajstić information content (AvgIpc) is 3.24. The molecule has 4 aliphatic heterocycles. The molecule has 1 atom stereocenters. The molecule has 0 radical (unpaired) electrons. The molecule has 3 saturated heterocycles. The first-order valence-electron chi connectivity index (χ1n) is 16.5. The third-order valence-corrected chi connectivity index (χ3v) is 10.4. The highest BCUT2D eigenvalue weighted by Crippen LogP contribution is 2.27. The molecule has 4 amide bonds. The standard InChI is InChI=1S/C34H45ClN6O5/c1-37-13-9-26(10-14-37)38-18-20-39(21-19-38)32(43)31(23-24-6-7-30(42)28(35)22-24)46-34(45)40-15-11-27(12-16-40)41-17-8-25-4-2-3-5-29(25)36-33(41)44/h2-7,22,26-27,31,42H,8-21,23H2,1H3,(H,36,44). The second kappa shape index (κ2) is 14.5. The van der Waals surface area contributed by atoms with Crippen molar-refractivity contribution in [2.45, 2.75) is 56.7 Å². The van der Waals surface area contributed by atoms with Gasteiger partial charge in [0.2, 0.25) is 0 Å². The van der Waals surface area contributed by atoms with Crippen LogP contribution in [0.4, 0.5) is 15.3 Å². The lowest BCUT2D eigenvalue weighted by Crippen LogP contribution is -2.56. The van der Waals surface area contributed by atoms with E-state index < -0.39 is 12.2 Å². The first kappa shape index (κ1) is 32.4. The SMILES string of the molecule is CN1CCC(N2CCN(C(=O)C(Cc3ccc(O)c(Cl)c3)OC(=O)N3CCC(N4CCc5ccccc5NC4=O)CC3)CC2)CC1. The van der Waals surface area contributed by atoms with Gasteiger partial charge in [0, 0.05) is 70.0 Å². The van der Waals surface area contributed by atoms with Gasteiger partial charge in [-0.15, -0.1) is 0 Å². The Kier molecular flexibility index (Phi) is 10.2. The number of nitrogens with zero attached hydrogens (tertiary/aromatic N) is 5. The number of ether oxygens (including phenoxy) is 1. The predicted octanol–water partition coefficient (Wildman–Crippen LogP) is 3.89. The zero-order chi connectivity index (χ0) is 32.2. The van der Waals surface area contributed by atoms with Crippen LogP contribution in [0.15, 0.2) is 42.5 Å². The number of phenolic OH excluding ortho intramolecular Hbond substituents is 1. The van der Waals surface area contributed by atoms with Crippen molar-refractivity contribution in [3.63, 3.8) is 0 Å². The summed E-state index contributed by atoms with van der Waals surface area (Å²) in [6.07, 6.45) is 2.92. The van der Waals surface area contributed by atoms with Crippen molar-refractivity contribution in [1.82, 2.24) is 24.5 Å². The molecule has 0 aromatic heterocycles. The highest BCUT2D eigenvalue weighted by molar-refractivity contribution is 6.32. The summed E-state index contributed by atoms with van der Waals surface area (Å²) in [6, 6.07) is 13.1. The number of piperazine rings is 1. The first-order valence-corrected chi connectivity index (χ1v) is 16.9. The number of amides is 4. The molecule has 6 rings (SSSR count). The molecule has 11 nitrogen and oxygen atoms in total. The van der Waals surface area contributed by atoms with Gasteiger partial charge in [0.15, 0.2) is 6.10 Å². The minimum absolute atomic E-state index is 0.00999. The summed E-state index contributed by atoms with van der Waals surface area (Å²) in [4.78, 5) is 50.6. The van der Waals surface area contributed by atoms with Gasteiger partial charge in [-0.3, -0.25) is 9.69 Å². The van der Waals surface area contributed by atoms with E-state index >= 15 is 0 Å². The molecular formula is C34H45ClN6O5. The number of carbonyl (C=O) groups is 3. The fraction of sp³-hybridized carbons (Fsp3) is 0.559. The summed E-state index contributed by atoms with van der Waals surface area (Å²) in [5.41, 5.74) is 2.67. The van der Waals surface area contributed by atoms with Gasteiger partial charge in [0.1, 0.15) is 5.75 Å². The Morgan fingerprint density at radius 3 is 2.33 bits per heavy atom. The Morgan fingerprint density at radius 1 is 0.913 bits per heavy atom. The minimum Gasteiger partial charge on any atom is -0.506 e. The Bertz CT molecular complexity index is 1400. The van der Waals surface area contributed by atoms with Crippen LogP contribution in [-0.4, -0.2) is 132 Å². The zero-order valence-electron chi connectivity index (χ0n) is 26.6. The summed E-state index contributed by atoms with van der Waals surface area (Å²) < 4.78 is 5.98. The van der Waals surface area contributed by atoms with Crippen LogP contribution in [0.25, 0.3) is 0 Å². The smallest absolute Gasteiger partial charge is 0.410 e. The number of benzene rings is 2. The zero-order valence-corrected chi connectivity index (χ0v) is 27.3. The highest BCUT2D eigenvalue weighted by Gasteiger charge is 2.36. The molecule has 0 saturated carbocycles. The van der Waals surface area contributed by atoms with Crippen molar-refractivity contribution >= 4 is 35.3 Å². The van der Waals surface area contributed by atoms with Gasteiger partial charge < -0.3 is 34.8 Å². The van der Waals surface area contributed by atoms with Crippen molar-refractivity contribution < 1.29 is 24.2 Å². The van der Waals surface area contributed by atoms with E-state index in [1.54, 1.807) is 17.0 Å². The minimum atomic E-state index is -1.02. The average molecular weight is 653 g/mol. The van der Waals surface area contributed by atoms with Gasteiger partial charge in [-0.25, -0.2) is 9.59 Å². The fourth-order valence-electron chi connectivity index (χ4n) is 7.24. The lowest BCUT2D eigenvalue weighted by molar-refractivity contribution is -0.143. The van der Waals surface area contributed by atoms with Crippen LogP contribution in [0.5, 0.6) is 5.75 Å². The second-order valence-corrected chi connectivity index (χ2v) is 13.4. The number of likely N-dealkylation sites (tertiary alicyclic amines) is 2. The quantitative estimate of drug-likeness (QED) is 0.488. The molecule has 12 heteroatoms. The summed E-state index contributed by atoms with van der Waals surface area (Å²) in [7, 11) is 2.16. The number of nitrogens with one attached hydrogen (secondary N) is 1. The van der Waals surface area contributed by atoms with Gasteiger partial charge >= 0.3 is 12.1 Å². The number of hydrogen-bond acceptors (Lipinski definition) is 7. The van der Waals surface area contributed by atoms with E-state index in [-0.39, 0.29) is 35.2 Å². The Morgan fingerprint density at radius 2 is 1.61 bits per heavy atom. The molecule has 2 aromatic carbocycles. The predicted molar refractivity (Wildman–Crippen MR) is 176 cm³/mol. The summed E-state index contributed by atoms with van der Waals surface area (Å²) in [5, 5.41) is 13.1. The second-order valence-electron chi connectivity index (χ2n) is 13.0. The van der Waals surface area contributed by atoms with Crippen LogP contribution in [0, 0.1) is 0 Å². The van der Waals surface area contributed by atoms with Crippen molar-refractivity contribution in [1.29, 1.82) is 0 Å². The van der Waals surface area contributed by atoms with Crippen LogP contribution in [0.2, 0.25) is 5.02 Å². The van der Waals surface area contributed by atoms with E-state index in [9.17, 15) is 19.5 Å². The van der Waals surface area contributed by atoms with Crippen molar-refractivity contribution in [2.24, 2.45) is 0 Å². The van der Waals surface area contributed by atoms with Crippen LogP contribution in [0.3, 0.4) is 0 Å².